The van der Waals surface area contributed by atoms with E-state index in [9.17, 15) is 4.39 Å². The van der Waals surface area contributed by atoms with E-state index < -0.39 is 20.9 Å². The van der Waals surface area contributed by atoms with Crippen molar-refractivity contribution in [1.82, 2.24) is 15.0 Å². The third-order valence-corrected chi connectivity index (χ3v) is 11.1. The fraction of sp³-hybridized carbons (Fsp3) is 0.195. The van der Waals surface area contributed by atoms with Gasteiger partial charge in [0.25, 0.3) is 0 Å². The molecule has 0 unspecified atom stereocenters. The molecular formula is C41H38FIrN3SSi-2. The fourth-order valence-corrected chi connectivity index (χ4v) is 8.48. The van der Waals surface area contributed by atoms with E-state index in [-0.39, 0.29) is 25.7 Å². The largest absolute Gasteiger partial charge is 0.305 e. The first kappa shape index (κ1) is 31.4. The average molecular weight is 847 g/mol. The van der Waals surface area contributed by atoms with Crippen LogP contribution in [0.3, 0.4) is 0 Å². The van der Waals surface area contributed by atoms with Crippen LogP contribution in [0.1, 0.15) is 29.1 Å². The monoisotopic (exact) mass is 847 g/mol. The van der Waals surface area contributed by atoms with Crippen LogP contribution >= 0.6 is 11.3 Å². The summed E-state index contributed by atoms with van der Waals surface area (Å²) in [6.45, 7) is 9.45. The third kappa shape index (κ3) is 7.87. The molecule has 0 aliphatic rings. The molecule has 3 aromatic carbocycles. The Labute approximate surface area is 305 Å². The van der Waals surface area contributed by atoms with Crippen LogP contribution in [0, 0.1) is 30.9 Å². The molecule has 0 bridgehead atoms. The second kappa shape index (κ2) is 15.1. The number of halogens is 1. The Kier molecular flexibility index (Phi) is 9.90. The van der Waals surface area contributed by atoms with Crippen LogP contribution in [0.2, 0.25) is 19.6 Å². The molecule has 0 aliphatic heterocycles. The van der Waals surface area contributed by atoms with Crippen molar-refractivity contribution in [2.75, 3.05) is 0 Å². The minimum absolute atomic E-state index is 0. The molecule has 1 radical (unpaired) electrons. The summed E-state index contributed by atoms with van der Waals surface area (Å²) in [6.07, 6.45) is 4.66. The molecule has 0 saturated heterocycles. The first-order valence-corrected chi connectivity index (χ1v) is 20.0. The molecule has 0 atom stereocenters. The Morgan fingerprint density at radius 3 is 2.33 bits per heavy atom. The van der Waals surface area contributed by atoms with Gasteiger partial charge in [-0.3, -0.25) is 0 Å². The molecular weight excluding hydrogens is 806 g/mol. The summed E-state index contributed by atoms with van der Waals surface area (Å²) in [5.41, 5.74) is 6.56. The van der Waals surface area contributed by atoms with Gasteiger partial charge in [-0.1, -0.05) is 86.9 Å². The molecule has 7 heteroatoms. The van der Waals surface area contributed by atoms with Crippen molar-refractivity contribution in [2.45, 2.75) is 46.8 Å². The van der Waals surface area contributed by atoms with Crippen LogP contribution in [0.15, 0.2) is 103 Å². The van der Waals surface area contributed by atoms with Crippen LogP contribution in [0.25, 0.3) is 53.9 Å². The zero-order valence-corrected chi connectivity index (χ0v) is 31.8. The fourth-order valence-electron chi connectivity index (χ4n) is 5.72. The van der Waals surface area contributed by atoms with Crippen molar-refractivity contribution in [3.05, 3.63) is 133 Å². The third-order valence-electron chi connectivity index (χ3n) is 7.92. The number of nitrogens with zero attached hydrogens (tertiary/aromatic N) is 3. The predicted octanol–water partition coefficient (Wildman–Crippen LogP) is 10.7. The molecule has 7 rings (SSSR count). The molecule has 245 valence electrons. The number of thiophene rings is 1. The van der Waals surface area contributed by atoms with E-state index in [0.717, 1.165) is 44.3 Å². The van der Waals surface area contributed by atoms with Gasteiger partial charge >= 0.3 is 0 Å². The van der Waals surface area contributed by atoms with E-state index in [1.807, 2.05) is 54.6 Å². The first-order chi connectivity index (χ1) is 23.8. The molecule has 0 spiro atoms. The number of aryl methyl sites for hydroxylation is 1. The number of aromatic nitrogens is 3. The summed E-state index contributed by atoms with van der Waals surface area (Å²) < 4.78 is 38.2. The zero-order valence-electron chi connectivity index (χ0n) is 30.6. The SMILES string of the molecule is CC(C)Cc1cc(-c2[c-]cccc2)ncc1[Si](C)(C)C.[2H]C([2H])([2H])c1cnc(-c2[c-]ccc3c2sc2nc(F)ccc23)cc1-c1ccccc1.[Ir]. The second-order valence-corrected chi connectivity index (χ2v) is 19.1. The van der Waals surface area contributed by atoms with Crippen LogP contribution in [-0.2, 0) is 26.5 Å². The molecule has 0 fully saturated rings. The molecule has 48 heavy (non-hydrogen) atoms. The second-order valence-electron chi connectivity index (χ2n) is 13.0. The Morgan fingerprint density at radius 1 is 0.854 bits per heavy atom. The Bertz CT molecular complexity index is 2270. The standard InChI is InChI=1S/C23H14FN2S.C18H24NSi.Ir/c1-14-13-25-20(12-19(14)15-6-3-2-4-7-15)18-9-5-8-16-17-10-11-21(24)26-23(17)27-22(16)18;1-14(2)11-16-12-17(15-9-7-6-8-10-15)19-13-18(16)20(3,4)5;/h2-8,10-13H,1H3;6-9,12-14H,11H2,1-5H3;/q2*-1;/i1D3;;. The van der Waals surface area contributed by atoms with E-state index in [1.54, 1.807) is 18.2 Å². The van der Waals surface area contributed by atoms with Crippen molar-refractivity contribution >= 4 is 44.9 Å². The van der Waals surface area contributed by atoms with Crippen molar-refractivity contribution in [2.24, 2.45) is 5.92 Å². The average Bonchev–Trinajstić information content (AvgIpc) is 3.45. The molecule has 0 saturated carbocycles. The smallest absolute Gasteiger partial charge is 0.214 e. The van der Waals surface area contributed by atoms with Crippen molar-refractivity contribution in [1.29, 1.82) is 0 Å². The molecule has 0 amide bonds. The molecule has 4 heterocycles. The van der Waals surface area contributed by atoms with E-state index in [4.69, 9.17) is 4.11 Å². The van der Waals surface area contributed by atoms with E-state index in [2.05, 4.69) is 78.9 Å². The number of hydrogen-bond donors (Lipinski definition) is 0. The number of benzene rings is 3. The molecule has 7 aromatic rings. The quantitative estimate of drug-likeness (QED) is 0.0951. The van der Waals surface area contributed by atoms with Gasteiger partial charge in [0.1, 0.15) is 4.83 Å². The van der Waals surface area contributed by atoms with Gasteiger partial charge in [0.2, 0.25) is 5.95 Å². The van der Waals surface area contributed by atoms with Gasteiger partial charge in [-0.25, -0.2) is 4.98 Å². The van der Waals surface area contributed by atoms with Gasteiger partial charge in [0, 0.05) is 42.0 Å². The van der Waals surface area contributed by atoms with E-state index >= 15 is 0 Å². The maximum atomic E-state index is 13.6. The van der Waals surface area contributed by atoms with E-state index in [0.29, 0.717) is 22.0 Å². The number of hydrogen-bond acceptors (Lipinski definition) is 4. The summed E-state index contributed by atoms with van der Waals surface area (Å²) in [7, 11) is -1.34. The maximum Gasteiger partial charge on any atom is 0.214 e. The summed E-state index contributed by atoms with van der Waals surface area (Å²) >= 11 is 1.38. The van der Waals surface area contributed by atoms with Crippen molar-refractivity contribution < 1.29 is 28.6 Å². The van der Waals surface area contributed by atoms with Gasteiger partial charge in [-0.05, 0) is 69.3 Å². The minimum atomic E-state index is -2.29. The Balaban J connectivity index is 0.000000211. The summed E-state index contributed by atoms with van der Waals surface area (Å²) in [4.78, 5) is 13.8. The van der Waals surface area contributed by atoms with Gasteiger partial charge in [0.05, 0.1) is 8.07 Å². The summed E-state index contributed by atoms with van der Waals surface area (Å²) in [5, 5.41) is 3.30. The number of rotatable bonds is 6. The minimum Gasteiger partial charge on any atom is -0.305 e. The summed E-state index contributed by atoms with van der Waals surface area (Å²) in [6, 6.07) is 34.8. The van der Waals surface area contributed by atoms with Crippen molar-refractivity contribution in [3.8, 4) is 33.6 Å². The number of pyridine rings is 3. The first-order valence-electron chi connectivity index (χ1n) is 17.2. The van der Waals surface area contributed by atoms with Crippen LogP contribution in [0.4, 0.5) is 4.39 Å². The van der Waals surface area contributed by atoms with Crippen LogP contribution < -0.4 is 5.19 Å². The number of fused-ring (bicyclic) bond motifs is 3. The predicted molar refractivity (Wildman–Crippen MR) is 199 cm³/mol. The van der Waals surface area contributed by atoms with Crippen LogP contribution in [0.5, 0.6) is 0 Å². The van der Waals surface area contributed by atoms with Gasteiger partial charge in [-0.2, -0.15) is 15.7 Å². The van der Waals surface area contributed by atoms with E-state index in [1.165, 1.54) is 34.4 Å². The molecule has 4 aromatic heterocycles. The molecule has 0 aliphatic carbocycles. The molecule has 0 N–H and O–H groups in total. The van der Waals surface area contributed by atoms with Gasteiger partial charge < -0.3 is 9.97 Å². The summed E-state index contributed by atoms with van der Waals surface area (Å²) in [5.74, 6) is 0.145. The Hall–Kier alpha value is -3.87. The topological polar surface area (TPSA) is 38.7 Å². The van der Waals surface area contributed by atoms with Crippen LogP contribution in [-0.4, -0.2) is 23.0 Å². The molecule has 3 nitrogen and oxygen atoms in total. The zero-order chi connectivity index (χ0) is 35.6. The maximum absolute atomic E-state index is 13.6. The Morgan fingerprint density at radius 2 is 1.62 bits per heavy atom. The van der Waals surface area contributed by atoms with Gasteiger partial charge in [0.15, 0.2) is 0 Å². The van der Waals surface area contributed by atoms with Gasteiger partial charge in [-0.15, -0.1) is 59.7 Å². The normalized spacial score (nSPS) is 12.5. The van der Waals surface area contributed by atoms with Crippen molar-refractivity contribution in [3.63, 3.8) is 0 Å².